The Morgan fingerprint density at radius 2 is 2.15 bits per heavy atom. The van der Waals surface area contributed by atoms with E-state index in [1.54, 1.807) is 0 Å². The molecule has 0 saturated heterocycles. The molecule has 0 spiro atoms. The van der Waals surface area contributed by atoms with E-state index in [2.05, 4.69) is 4.98 Å². The van der Waals surface area contributed by atoms with Crippen molar-refractivity contribution in [2.75, 3.05) is 0 Å². The lowest BCUT2D eigenvalue weighted by Crippen LogP contribution is -2.35. The molecule has 0 aliphatic rings. The van der Waals surface area contributed by atoms with Gasteiger partial charge in [0.25, 0.3) is 0 Å². The van der Waals surface area contributed by atoms with E-state index in [0.717, 1.165) is 22.4 Å². The molecule has 0 saturated carbocycles. The summed E-state index contributed by atoms with van der Waals surface area (Å²) in [7, 11) is 0. The van der Waals surface area contributed by atoms with E-state index < -0.39 is 5.41 Å². The quantitative estimate of drug-likeness (QED) is 0.880. The molecule has 0 aliphatic carbocycles. The second kappa shape index (κ2) is 5.09. The largest absolute Gasteiger partial charge is 0.369 e. The van der Waals surface area contributed by atoms with Gasteiger partial charge in [0.2, 0.25) is 5.91 Å². The summed E-state index contributed by atoms with van der Waals surface area (Å²) in [6.45, 7) is 8.03. The van der Waals surface area contributed by atoms with Gasteiger partial charge in [0.05, 0.1) is 21.8 Å². The van der Waals surface area contributed by atoms with Crippen LogP contribution in [0.4, 0.5) is 0 Å². The highest BCUT2D eigenvalue weighted by Crippen LogP contribution is 2.29. The van der Waals surface area contributed by atoms with Gasteiger partial charge in [-0.15, -0.1) is 11.6 Å². The number of nitrogens with two attached hydrogens (primary N) is 1. The summed E-state index contributed by atoms with van der Waals surface area (Å²) < 4.78 is 2.00. The van der Waals surface area contributed by atoms with Gasteiger partial charge in [-0.25, -0.2) is 4.98 Å². The highest BCUT2D eigenvalue weighted by Gasteiger charge is 2.28. The number of alkyl halides is 1. The summed E-state index contributed by atoms with van der Waals surface area (Å²) in [4.78, 5) is 16.2. The monoisotopic (exact) mass is 293 g/mol. The maximum atomic E-state index is 11.6. The zero-order valence-electron chi connectivity index (χ0n) is 12.3. The number of aryl methyl sites for hydroxylation is 1. The van der Waals surface area contributed by atoms with Crippen molar-refractivity contribution in [2.24, 2.45) is 11.1 Å². The van der Waals surface area contributed by atoms with Gasteiger partial charge in [-0.3, -0.25) is 4.79 Å². The van der Waals surface area contributed by atoms with Crippen LogP contribution in [0.2, 0.25) is 0 Å². The van der Waals surface area contributed by atoms with E-state index in [0.29, 0.717) is 6.54 Å². The average Bonchev–Trinajstić information content (AvgIpc) is 2.66. The number of nitrogens with zero attached hydrogens (tertiary/aromatic N) is 2. The number of carbonyl (C=O) groups is 1. The van der Waals surface area contributed by atoms with Gasteiger partial charge in [0.1, 0.15) is 5.82 Å². The highest BCUT2D eigenvalue weighted by atomic mass is 35.5. The first-order valence-electron chi connectivity index (χ1n) is 6.63. The van der Waals surface area contributed by atoms with E-state index >= 15 is 0 Å². The standard InChI is InChI=1S/C15H20ClN3O/c1-9-5-6-12-11(7-9)18-13(10(2)16)19(12)8-15(3,4)14(17)20/h5-7,10H,8H2,1-4H3,(H2,17,20). The minimum absolute atomic E-state index is 0.230. The summed E-state index contributed by atoms with van der Waals surface area (Å²) in [5, 5.41) is -0.230. The van der Waals surface area contributed by atoms with Crippen molar-refractivity contribution in [1.82, 2.24) is 9.55 Å². The number of fused-ring (bicyclic) bond motifs is 1. The Labute approximate surface area is 123 Å². The number of benzene rings is 1. The number of aromatic nitrogens is 2. The van der Waals surface area contributed by atoms with Crippen molar-refractivity contribution < 1.29 is 4.79 Å². The smallest absolute Gasteiger partial charge is 0.224 e. The SMILES string of the molecule is Cc1ccc2c(c1)nc(C(C)Cl)n2CC(C)(C)C(N)=O. The molecule has 1 heterocycles. The van der Waals surface area contributed by atoms with Gasteiger partial charge < -0.3 is 10.3 Å². The molecule has 1 aromatic heterocycles. The van der Waals surface area contributed by atoms with Crippen molar-refractivity contribution in [3.05, 3.63) is 29.6 Å². The van der Waals surface area contributed by atoms with Crippen LogP contribution in [0.25, 0.3) is 11.0 Å². The van der Waals surface area contributed by atoms with Crippen LogP contribution in [0.3, 0.4) is 0 Å². The average molecular weight is 294 g/mol. The van der Waals surface area contributed by atoms with Crippen LogP contribution >= 0.6 is 11.6 Å². The first-order chi connectivity index (χ1) is 9.22. The molecule has 1 aromatic carbocycles. The Kier molecular flexibility index (Phi) is 3.78. The van der Waals surface area contributed by atoms with Gasteiger partial charge in [0, 0.05) is 6.54 Å². The molecule has 4 nitrogen and oxygen atoms in total. The second-order valence-corrected chi connectivity index (χ2v) is 6.57. The van der Waals surface area contributed by atoms with E-state index in [4.69, 9.17) is 17.3 Å². The fraction of sp³-hybridized carbons (Fsp3) is 0.467. The number of hydrogen-bond donors (Lipinski definition) is 1. The van der Waals surface area contributed by atoms with E-state index in [1.807, 2.05) is 50.5 Å². The lowest BCUT2D eigenvalue weighted by molar-refractivity contribution is -0.126. The number of amides is 1. The molecule has 1 unspecified atom stereocenters. The van der Waals surface area contributed by atoms with Crippen molar-refractivity contribution in [3.8, 4) is 0 Å². The zero-order valence-corrected chi connectivity index (χ0v) is 13.0. The molecule has 2 N–H and O–H groups in total. The van der Waals surface area contributed by atoms with Gasteiger partial charge in [-0.2, -0.15) is 0 Å². The number of hydrogen-bond acceptors (Lipinski definition) is 2. The topological polar surface area (TPSA) is 60.9 Å². The minimum atomic E-state index is -0.654. The van der Waals surface area contributed by atoms with Crippen molar-refractivity contribution >= 4 is 28.5 Å². The van der Waals surface area contributed by atoms with Crippen LogP contribution in [0, 0.1) is 12.3 Å². The Morgan fingerprint density at radius 3 is 2.70 bits per heavy atom. The fourth-order valence-electron chi connectivity index (χ4n) is 2.20. The third kappa shape index (κ3) is 2.66. The molecule has 2 rings (SSSR count). The molecule has 0 bridgehead atoms. The molecule has 0 aliphatic heterocycles. The van der Waals surface area contributed by atoms with Gasteiger partial charge in [-0.05, 0) is 45.4 Å². The summed E-state index contributed by atoms with van der Waals surface area (Å²) in [6, 6.07) is 6.06. The molecule has 1 atom stereocenters. The Hall–Kier alpha value is -1.55. The molecule has 0 radical (unpaired) electrons. The first-order valence-corrected chi connectivity index (χ1v) is 7.07. The van der Waals surface area contributed by atoms with Crippen molar-refractivity contribution in [3.63, 3.8) is 0 Å². The third-order valence-electron chi connectivity index (χ3n) is 3.51. The van der Waals surface area contributed by atoms with Crippen LogP contribution in [0.5, 0.6) is 0 Å². The Balaban J connectivity index is 2.60. The zero-order chi connectivity index (χ0) is 15.1. The summed E-state index contributed by atoms with van der Waals surface area (Å²) in [6.07, 6.45) is 0. The summed E-state index contributed by atoms with van der Waals surface area (Å²) >= 11 is 6.23. The maximum absolute atomic E-state index is 11.6. The van der Waals surface area contributed by atoms with Crippen LogP contribution < -0.4 is 5.73 Å². The van der Waals surface area contributed by atoms with Crippen LogP contribution in [-0.2, 0) is 11.3 Å². The van der Waals surface area contributed by atoms with E-state index in [1.165, 1.54) is 0 Å². The van der Waals surface area contributed by atoms with Gasteiger partial charge in [0.15, 0.2) is 0 Å². The van der Waals surface area contributed by atoms with Crippen molar-refractivity contribution in [1.29, 1.82) is 0 Å². The summed E-state index contributed by atoms with van der Waals surface area (Å²) in [5.41, 5.74) is 7.84. The summed E-state index contributed by atoms with van der Waals surface area (Å²) in [5.74, 6) is 0.432. The highest BCUT2D eigenvalue weighted by molar-refractivity contribution is 6.20. The first kappa shape index (κ1) is 14.9. The molecule has 2 aromatic rings. The normalized spacial score (nSPS) is 13.7. The minimum Gasteiger partial charge on any atom is -0.369 e. The molecule has 5 heteroatoms. The van der Waals surface area contributed by atoms with Crippen LogP contribution in [0.15, 0.2) is 18.2 Å². The molecular weight excluding hydrogens is 274 g/mol. The number of carbonyl (C=O) groups excluding carboxylic acids is 1. The molecule has 0 fully saturated rings. The Bertz CT molecular complexity index is 658. The predicted octanol–water partition coefficient (Wildman–Crippen LogP) is 3.16. The maximum Gasteiger partial charge on any atom is 0.224 e. The number of primary amides is 1. The molecule has 108 valence electrons. The number of halogens is 1. The molecule has 1 amide bonds. The second-order valence-electron chi connectivity index (χ2n) is 5.91. The van der Waals surface area contributed by atoms with Crippen LogP contribution in [-0.4, -0.2) is 15.5 Å². The third-order valence-corrected chi connectivity index (χ3v) is 3.70. The van der Waals surface area contributed by atoms with Crippen LogP contribution in [0.1, 0.15) is 37.5 Å². The van der Waals surface area contributed by atoms with Crippen molar-refractivity contribution in [2.45, 2.75) is 39.6 Å². The Morgan fingerprint density at radius 1 is 1.50 bits per heavy atom. The number of rotatable bonds is 4. The predicted molar refractivity (Wildman–Crippen MR) is 81.7 cm³/mol. The molecular formula is C15H20ClN3O. The van der Waals surface area contributed by atoms with E-state index in [-0.39, 0.29) is 11.3 Å². The lowest BCUT2D eigenvalue weighted by atomic mass is 9.92. The molecule has 20 heavy (non-hydrogen) atoms. The van der Waals surface area contributed by atoms with E-state index in [9.17, 15) is 4.79 Å². The van der Waals surface area contributed by atoms with Gasteiger partial charge >= 0.3 is 0 Å². The number of imidazole rings is 1. The lowest BCUT2D eigenvalue weighted by Gasteiger charge is -2.23. The fourth-order valence-corrected chi connectivity index (χ4v) is 2.37. The van der Waals surface area contributed by atoms with Gasteiger partial charge in [-0.1, -0.05) is 6.07 Å².